The van der Waals surface area contributed by atoms with Gasteiger partial charge in [-0.3, -0.25) is 15.0 Å². The molecule has 0 spiro atoms. The van der Waals surface area contributed by atoms with Gasteiger partial charge in [0.25, 0.3) is 0 Å². The molecular formula is C12H23N3O4. The molecule has 3 amide bonds. The van der Waals surface area contributed by atoms with E-state index in [0.29, 0.717) is 32.2 Å². The molecule has 1 unspecified atom stereocenters. The fraction of sp³-hybridized carbons (Fsp3) is 0.833. The molecule has 0 aromatic heterocycles. The molecule has 1 heterocycles. The van der Waals surface area contributed by atoms with Crippen molar-refractivity contribution in [1.82, 2.24) is 15.5 Å². The van der Waals surface area contributed by atoms with Crippen molar-refractivity contribution >= 4 is 11.9 Å². The molecular weight excluding hydrogens is 250 g/mol. The Morgan fingerprint density at radius 1 is 1.47 bits per heavy atom. The van der Waals surface area contributed by atoms with Gasteiger partial charge in [0.2, 0.25) is 5.91 Å². The third kappa shape index (κ3) is 6.00. The maximum absolute atomic E-state index is 11.7. The zero-order valence-corrected chi connectivity index (χ0v) is 11.5. The molecule has 1 aliphatic rings. The number of hydrogen-bond donors (Lipinski definition) is 3. The van der Waals surface area contributed by atoms with Crippen LogP contribution in [0.4, 0.5) is 4.79 Å². The second-order valence-electron chi connectivity index (χ2n) is 5.03. The largest absolute Gasteiger partial charge is 0.395 e. The minimum absolute atomic E-state index is 0.0627. The van der Waals surface area contributed by atoms with E-state index in [1.807, 2.05) is 18.7 Å². The van der Waals surface area contributed by atoms with Gasteiger partial charge in [-0.15, -0.1) is 0 Å². The molecule has 19 heavy (non-hydrogen) atoms. The van der Waals surface area contributed by atoms with E-state index in [0.717, 1.165) is 0 Å². The highest BCUT2D eigenvalue weighted by atomic mass is 16.5. The monoisotopic (exact) mass is 273 g/mol. The number of hydrogen-bond acceptors (Lipinski definition) is 5. The van der Waals surface area contributed by atoms with Crippen LogP contribution in [0.5, 0.6) is 0 Å². The molecule has 1 atom stereocenters. The first-order chi connectivity index (χ1) is 9.02. The van der Waals surface area contributed by atoms with Gasteiger partial charge in [0, 0.05) is 13.1 Å². The summed E-state index contributed by atoms with van der Waals surface area (Å²) >= 11 is 0. The van der Waals surface area contributed by atoms with Crippen molar-refractivity contribution in [2.45, 2.75) is 19.9 Å². The van der Waals surface area contributed by atoms with Gasteiger partial charge in [0.1, 0.15) is 0 Å². The fourth-order valence-corrected chi connectivity index (χ4v) is 1.76. The number of nitrogens with zero attached hydrogens (tertiary/aromatic N) is 1. The Kier molecular flexibility index (Phi) is 6.75. The van der Waals surface area contributed by atoms with Crippen molar-refractivity contribution in [3.05, 3.63) is 0 Å². The van der Waals surface area contributed by atoms with E-state index < -0.39 is 6.03 Å². The summed E-state index contributed by atoms with van der Waals surface area (Å²) in [6, 6.07) is -0.661. The van der Waals surface area contributed by atoms with Crippen LogP contribution in [0.15, 0.2) is 0 Å². The molecule has 7 heteroatoms. The average molecular weight is 273 g/mol. The lowest BCUT2D eigenvalue weighted by Gasteiger charge is -2.33. The zero-order valence-electron chi connectivity index (χ0n) is 11.5. The van der Waals surface area contributed by atoms with Crippen LogP contribution in [-0.4, -0.2) is 67.4 Å². The minimum Gasteiger partial charge on any atom is -0.395 e. The fourth-order valence-electron chi connectivity index (χ4n) is 1.76. The number of aliphatic hydroxyl groups excluding tert-OH is 1. The van der Waals surface area contributed by atoms with Gasteiger partial charge in [-0.05, 0) is 5.92 Å². The average Bonchev–Trinajstić information content (AvgIpc) is 2.37. The molecule has 1 saturated heterocycles. The molecule has 1 rings (SSSR count). The topological polar surface area (TPSA) is 90.9 Å². The summed E-state index contributed by atoms with van der Waals surface area (Å²) in [5, 5.41) is 14.1. The lowest BCUT2D eigenvalue weighted by molar-refractivity contribution is -0.124. The lowest BCUT2D eigenvalue weighted by atomic mass is 10.2. The maximum Gasteiger partial charge on any atom is 0.321 e. The highest BCUT2D eigenvalue weighted by Crippen LogP contribution is 2.05. The van der Waals surface area contributed by atoms with Gasteiger partial charge < -0.3 is 15.2 Å². The van der Waals surface area contributed by atoms with Crippen molar-refractivity contribution in [2.24, 2.45) is 5.92 Å². The van der Waals surface area contributed by atoms with Gasteiger partial charge >= 0.3 is 6.03 Å². The first kappa shape index (κ1) is 15.9. The number of amides is 3. The van der Waals surface area contributed by atoms with E-state index in [2.05, 4.69) is 10.6 Å². The van der Waals surface area contributed by atoms with Crippen LogP contribution < -0.4 is 10.6 Å². The van der Waals surface area contributed by atoms with Crippen LogP contribution in [0.1, 0.15) is 13.8 Å². The van der Waals surface area contributed by atoms with Crippen LogP contribution in [0.2, 0.25) is 0 Å². The third-order valence-electron chi connectivity index (χ3n) is 2.83. The summed E-state index contributed by atoms with van der Waals surface area (Å²) in [4.78, 5) is 24.9. The van der Waals surface area contributed by atoms with Crippen molar-refractivity contribution in [2.75, 3.05) is 39.5 Å². The Morgan fingerprint density at radius 3 is 2.84 bits per heavy atom. The van der Waals surface area contributed by atoms with Gasteiger partial charge in [0.15, 0.2) is 0 Å². The summed E-state index contributed by atoms with van der Waals surface area (Å²) in [5.74, 6) is -0.0412. The molecule has 0 saturated carbocycles. The Morgan fingerprint density at radius 2 is 2.21 bits per heavy atom. The lowest BCUT2D eigenvalue weighted by Crippen LogP contribution is -2.52. The number of carbonyl (C=O) groups excluding carboxylic acids is 2. The number of carbonyl (C=O) groups is 2. The minimum atomic E-state index is -0.479. The summed E-state index contributed by atoms with van der Waals surface area (Å²) in [7, 11) is 0. The zero-order chi connectivity index (χ0) is 14.3. The number of nitrogens with one attached hydrogen (secondary N) is 2. The first-order valence-electron chi connectivity index (χ1n) is 6.53. The van der Waals surface area contributed by atoms with Gasteiger partial charge in [-0.1, -0.05) is 13.8 Å². The van der Waals surface area contributed by atoms with Gasteiger partial charge in [-0.25, -0.2) is 4.79 Å². The van der Waals surface area contributed by atoms with Crippen LogP contribution in [0, 0.1) is 5.92 Å². The Labute approximate surface area is 113 Å². The predicted octanol–water partition coefficient (Wildman–Crippen LogP) is -0.839. The molecule has 1 fully saturated rings. The Hall–Kier alpha value is -1.18. The van der Waals surface area contributed by atoms with Crippen LogP contribution in [-0.2, 0) is 9.53 Å². The highest BCUT2D eigenvalue weighted by Gasteiger charge is 2.24. The summed E-state index contributed by atoms with van der Waals surface area (Å²) < 4.78 is 5.22. The molecule has 0 aromatic rings. The van der Waals surface area contributed by atoms with E-state index in [1.54, 1.807) is 0 Å². The molecule has 3 N–H and O–H groups in total. The smallest absolute Gasteiger partial charge is 0.321 e. The number of ether oxygens (including phenoxy) is 1. The number of rotatable bonds is 5. The molecule has 110 valence electrons. The predicted molar refractivity (Wildman–Crippen MR) is 69.6 cm³/mol. The van der Waals surface area contributed by atoms with Crippen molar-refractivity contribution in [3.63, 3.8) is 0 Å². The van der Waals surface area contributed by atoms with E-state index in [-0.39, 0.29) is 25.1 Å². The maximum atomic E-state index is 11.7. The Balaban J connectivity index is 2.31. The second kappa shape index (κ2) is 8.08. The Bertz CT molecular complexity index is 309. The summed E-state index contributed by atoms with van der Waals surface area (Å²) in [5.41, 5.74) is 0. The summed E-state index contributed by atoms with van der Waals surface area (Å²) in [6.07, 6.45) is 0. The third-order valence-corrected chi connectivity index (χ3v) is 2.83. The van der Waals surface area contributed by atoms with Crippen molar-refractivity contribution in [1.29, 1.82) is 0 Å². The van der Waals surface area contributed by atoms with Crippen LogP contribution in [0.25, 0.3) is 0 Å². The molecule has 0 aliphatic carbocycles. The quantitative estimate of drug-likeness (QED) is 0.608. The molecule has 1 aliphatic heterocycles. The van der Waals surface area contributed by atoms with Crippen molar-refractivity contribution < 1.29 is 19.4 Å². The molecule has 0 radical (unpaired) electrons. The van der Waals surface area contributed by atoms with E-state index in [4.69, 9.17) is 9.84 Å². The van der Waals surface area contributed by atoms with Crippen molar-refractivity contribution in [3.8, 4) is 0 Å². The van der Waals surface area contributed by atoms with Gasteiger partial charge in [0.05, 0.1) is 32.4 Å². The van der Waals surface area contributed by atoms with Crippen LogP contribution in [0.3, 0.4) is 0 Å². The normalized spacial score (nSPS) is 20.3. The van der Waals surface area contributed by atoms with Gasteiger partial charge in [-0.2, -0.15) is 0 Å². The number of morpholine rings is 1. The van der Waals surface area contributed by atoms with Crippen LogP contribution >= 0.6 is 0 Å². The molecule has 0 aromatic carbocycles. The number of imide groups is 1. The standard InChI is InChI=1S/C12H23N3O4/c1-9(2)5-13-12(18)14-11(17)6-15-3-4-19-8-10(15)7-16/h9-10,16H,3-8H2,1-2H3,(H2,13,14,17,18). The first-order valence-corrected chi connectivity index (χ1v) is 6.53. The molecule has 7 nitrogen and oxygen atoms in total. The summed E-state index contributed by atoms with van der Waals surface area (Å²) in [6.45, 7) is 6.01. The number of urea groups is 1. The molecule has 0 bridgehead atoms. The van der Waals surface area contributed by atoms with E-state index in [9.17, 15) is 9.59 Å². The highest BCUT2D eigenvalue weighted by molar-refractivity contribution is 5.95. The van der Waals surface area contributed by atoms with E-state index in [1.165, 1.54) is 0 Å². The number of aliphatic hydroxyl groups is 1. The van der Waals surface area contributed by atoms with E-state index >= 15 is 0 Å². The SMILES string of the molecule is CC(C)CNC(=O)NC(=O)CN1CCOCC1CO. The second-order valence-corrected chi connectivity index (χ2v) is 5.03.